The van der Waals surface area contributed by atoms with Gasteiger partial charge >= 0.3 is 6.03 Å². The number of halogens is 1. The fraction of sp³-hybridized carbons (Fsp3) is 0.300. The Kier molecular flexibility index (Phi) is 8.08. The highest BCUT2D eigenvalue weighted by molar-refractivity contribution is 7.90. The molecule has 0 atom stereocenters. The van der Waals surface area contributed by atoms with Gasteiger partial charge in [0.25, 0.3) is 15.9 Å². The molecule has 0 aliphatic carbocycles. The number of methoxy groups -OCH3 is 1. The monoisotopic (exact) mass is 453 g/mol. The van der Waals surface area contributed by atoms with Gasteiger partial charge in [-0.1, -0.05) is 23.7 Å². The van der Waals surface area contributed by atoms with E-state index in [1.54, 1.807) is 38.1 Å². The number of carbonyl (C=O) groups excluding carboxylic acids is 2. The molecule has 162 valence electrons. The summed E-state index contributed by atoms with van der Waals surface area (Å²) in [6, 6.07) is 9.86. The highest BCUT2D eigenvalue weighted by Gasteiger charge is 2.18. The van der Waals surface area contributed by atoms with Crippen LogP contribution in [0.1, 0.15) is 29.8 Å². The van der Waals surface area contributed by atoms with E-state index in [0.29, 0.717) is 29.3 Å². The van der Waals surface area contributed by atoms with Gasteiger partial charge in [0.05, 0.1) is 17.6 Å². The quantitative estimate of drug-likeness (QED) is 0.568. The van der Waals surface area contributed by atoms with Gasteiger partial charge in [0.2, 0.25) is 0 Å². The third kappa shape index (κ3) is 6.64. The van der Waals surface area contributed by atoms with Crippen LogP contribution in [0.3, 0.4) is 0 Å². The third-order valence-electron chi connectivity index (χ3n) is 3.99. The minimum Gasteiger partial charge on any atom is -0.496 e. The zero-order chi connectivity index (χ0) is 22.3. The lowest BCUT2D eigenvalue weighted by Gasteiger charge is -2.11. The fourth-order valence-corrected chi connectivity index (χ4v) is 3.67. The Morgan fingerprint density at radius 2 is 1.77 bits per heavy atom. The van der Waals surface area contributed by atoms with Crippen LogP contribution >= 0.6 is 11.6 Å². The summed E-state index contributed by atoms with van der Waals surface area (Å²) in [6.07, 6.45) is 0.482. The van der Waals surface area contributed by atoms with Gasteiger partial charge in [0, 0.05) is 17.6 Å². The van der Waals surface area contributed by atoms with E-state index in [4.69, 9.17) is 16.3 Å². The molecule has 0 spiro atoms. The van der Waals surface area contributed by atoms with Crippen molar-refractivity contribution >= 4 is 33.6 Å². The number of hydrogen-bond donors (Lipinski definition) is 3. The summed E-state index contributed by atoms with van der Waals surface area (Å²) in [5.41, 5.74) is 1.15. The summed E-state index contributed by atoms with van der Waals surface area (Å²) < 4.78 is 31.6. The van der Waals surface area contributed by atoms with Crippen LogP contribution in [0.15, 0.2) is 47.4 Å². The molecule has 0 aromatic heterocycles. The Labute approximate surface area is 181 Å². The van der Waals surface area contributed by atoms with E-state index in [2.05, 4.69) is 10.6 Å². The molecule has 0 heterocycles. The topological polar surface area (TPSA) is 114 Å². The van der Waals surface area contributed by atoms with Crippen LogP contribution in [-0.2, 0) is 16.4 Å². The lowest BCUT2D eigenvalue weighted by Crippen LogP contribution is -2.42. The highest BCUT2D eigenvalue weighted by atomic mass is 35.5. The van der Waals surface area contributed by atoms with Gasteiger partial charge in [-0.25, -0.2) is 17.9 Å². The highest BCUT2D eigenvalue weighted by Crippen LogP contribution is 2.22. The second-order valence-electron chi connectivity index (χ2n) is 6.73. The Hall–Kier alpha value is -2.78. The molecule has 2 aromatic carbocycles. The number of rotatable bonds is 8. The predicted octanol–water partition coefficient (Wildman–Crippen LogP) is 2.72. The SMILES string of the molecule is COc1ccc(Cl)cc1C(=O)NCCc1ccc(S(=O)(=O)NC(=O)NC(C)C)cc1. The molecule has 0 aliphatic rings. The van der Waals surface area contributed by atoms with Crippen molar-refractivity contribution in [1.29, 1.82) is 0 Å². The lowest BCUT2D eigenvalue weighted by atomic mass is 10.1. The first-order valence-corrected chi connectivity index (χ1v) is 11.0. The molecule has 0 unspecified atom stereocenters. The maximum absolute atomic E-state index is 12.4. The maximum atomic E-state index is 12.4. The molecule has 2 rings (SSSR count). The smallest absolute Gasteiger partial charge is 0.328 e. The normalized spacial score (nSPS) is 11.1. The van der Waals surface area contributed by atoms with Gasteiger partial charge in [-0.05, 0) is 56.2 Å². The Bertz CT molecular complexity index is 1010. The number of hydrogen-bond acceptors (Lipinski definition) is 5. The first kappa shape index (κ1) is 23.5. The average molecular weight is 454 g/mol. The van der Waals surface area contributed by atoms with Crippen molar-refractivity contribution in [1.82, 2.24) is 15.4 Å². The fourth-order valence-electron chi connectivity index (χ4n) is 2.58. The minimum atomic E-state index is -3.96. The number of sulfonamides is 1. The first-order valence-electron chi connectivity index (χ1n) is 9.16. The summed E-state index contributed by atoms with van der Waals surface area (Å²) in [6.45, 7) is 3.78. The molecule has 10 heteroatoms. The van der Waals surface area contributed by atoms with Crippen molar-refractivity contribution in [2.75, 3.05) is 13.7 Å². The van der Waals surface area contributed by atoms with Crippen molar-refractivity contribution in [3.63, 3.8) is 0 Å². The van der Waals surface area contributed by atoms with Gasteiger partial charge < -0.3 is 15.4 Å². The molecule has 0 saturated carbocycles. The zero-order valence-corrected chi connectivity index (χ0v) is 18.4. The van der Waals surface area contributed by atoms with Crippen molar-refractivity contribution in [3.8, 4) is 5.75 Å². The molecule has 3 N–H and O–H groups in total. The average Bonchev–Trinajstić information content (AvgIpc) is 2.67. The van der Waals surface area contributed by atoms with E-state index in [0.717, 1.165) is 5.56 Å². The van der Waals surface area contributed by atoms with E-state index < -0.39 is 16.1 Å². The van der Waals surface area contributed by atoms with Crippen LogP contribution in [0.4, 0.5) is 4.79 Å². The van der Waals surface area contributed by atoms with Gasteiger partial charge in [0.15, 0.2) is 0 Å². The number of amides is 3. The van der Waals surface area contributed by atoms with Crippen LogP contribution in [-0.4, -0.2) is 40.1 Å². The molecule has 3 amide bonds. The van der Waals surface area contributed by atoms with Crippen LogP contribution in [0.2, 0.25) is 5.02 Å². The minimum absolute atomic E-state index is 0.0298. The Balaban J connectivity index is 1.94. The summed E-state index contributed by atoms with van der Waals surface area (Å²) in [5.74, 6) is 0.0920. The summed E-state index contributed by atoms with van der Waals surface area (Å²) >= 11 is 5.94. The molecule has 0 radical (unpaired) electrons. The van der Waals surface area contributed by atoms with Crippen LogP contribution in [0.25, 0.3) is 0 Å². The van der Waals surface area contributed by atoms with E-state index in [1.165, 1.54) is 25.3 Å². The Morgan fingerprint density at radius 1 is 1.10 bits per heavy atom. The molecular weight excluding hydrogens is 430 g/mol. The second kappa shape index (κ2) is 10.3. The third-order valence-corrected chi connectivity index (χ3v) is 5.57. The van der Waals surface area contributed by atoms with Gasteiger partial charge in [-0.2, -0.15) is 0 Å². The predicted molar refractivity (Wildman–Crippen MR) is 114 cm³/mol. The summed E-state index contributed by atoms with van der Waals surface area (Å²) in [5, 5.41) is 5.66. The van der Waals surface area contributed by atoms with Gasteiger partial charge in [0.1, 0.15) is 5.75 Å². The summed E-state index contributed by atoms with van der Waals surface area (Å²) in [4.78, 5) is 24.0. The van der Waals surface area contributed by atoms with Crippen molar-refractivity contribution < 1.29 is 22.7 Å². The number of urea groups is 1. The molecular formula is C20H24ClN3O5S. The summed E-state index contributed by atoms with van der Waals surface area (Å²) in [7, 11) is -2.49. The number of benzene rings is 2. The molecule has 0 saturated heterocycles. The van der Waals surface area contributed by atoms with E-state index in [-0.39, 0.29) is 16.8 Å². The molecule has 0 fully saturated rings. The first-order chi connectivity index (χ1) is 14.1. The number of ether oxygens (including phenoxy) is 1. The molecule has 0 bridgehead atoms. The standard InChI is InChI=1S/C20H24ClN3O5S/c1-13(2)23-20(26)24-30(27,28)16-7-4-14(5-8-16)10-11-22-19(25)17-12-15(21)6-9-18(17)29-3/h4-9,12-13H,10-11H2,1-3H3,(H,22,25)(H2,23,24,26). The molecule has 30 heavy (non-hydrogen) atoms. The van der Waals surface area contributed by atoms with Gasteiger partial charge in [-0.15, -0.1) is 0 Å². The van der Waals surface area contributed by atoms with Crippen molar-refractivity contribution in [3.05, 3.63) is 58.6 Å². The molecule has 8 nitrogen and oxygen atoms in total. The van der Waals surface area contributed by atoms with Crippen LogP contribution in [0, 0.1) is 0 Å². The Morgan fingerprint density at radius 3 is 2.37 bits per heavy atom. The largest absolute Gasteiger partial charge is 0.496 e. The molecule has 2 aromatic rings. The lowest BCUT2D eigenvalue weighted by molar-refractivity contribution is 0.0951. The van der Waals surface area contributed by atoms with E-state index in [9.17, 15) is 18.0 Å². The number of nitrogens with one attached hydrogen (secondary N) is 3. The van der Waals surface area contributed by atoms with Crippen molar-refractivity contribution in [2.24, 2.45) is 0 Å². The second-order valence-corrected chi connectivity index (χ2v) is 8.85. The van der Waals surface area contributed by atoms with E-state index >= 15 is 0 Å². The van der Waals surface area contributed by atoms with E-state index in [1.807, 2.05) is 4.72 Å². The number of carbonyl (C=O) groups is 2. The van der Waals surface area contributed by atoms with Crippen LogP contribution in [0.5, 0.6) is 5.75 Å². The maximum Gasteiger partial charge on any atom is 0.328 e. The van der Waals surface area contributed by atoms with Gasteiger partial charge in [-0.3, -0.25) is 4.79 Å². The van der Waals surface area contributed by atoms with Crippen molar-refractivity contribution in [2.45, 2.75) is 31.2 Å². The zero-order valence-electron chi connectivity index (χ0n) is 16.9. The molecule has 0 aliphatic heterocycles. The van der Waals surface area contributed by atoms with Crippen LogP contribution < -0.4 is 20.1 Å².